The average Bonchev–Trinajstić information content (AvgIpc) is 2.38. The highest BCUT2D eigenvalue weighted by atomic mass is 16.5. The Hall–Kier alpha value is -1.10. The number of aliphatic hydroxyl groups is 2. The van der Waals surface area contributed by atoms with Crippen molar-refractivity contribution in [1.29, 1.82) is 0 Å². The van der Waals surface area contributed by atoms with E-state index in [1.165, 1.54) is 0 Å². The van der Waals surface area contributed by atoms with Crippen molar-refractivity contribution in [3.05, 3.63) is 29.8 Å². The number of benzene rings is 1. The van der Waals surface area contributed by atoms with E-state index in [2.05, 4.69) is 5.32 Å². The molecule has 0 atom stereocenters. The van der Waals surface area contributed by atoms with E-state index in [0.29, 0.717) is 13.2 Å². The van der Waals surface area contributed by atoms with Gasteiger partial charge in [-0.25, -0.2) is 0 Å². The molecule has 0 bridgehead atoms. The van der Waals surface area contributed by atoms with Crippen molar-refractivity contribution in [3.8, 4) is 5.75 Å². The third kappa shape index (κ3) is 4.34. The first-order valence-corrected chi connectivity index (χ1v) is 5.82. The molecule has 0 radical (unpaired) electrons. The number of hydrogen-bond donors (Lipinski definition) is 3. The van der Waals surface area contributed by atoms with Gasteiger partial charge < -0.3 is 20.3 Å². The minimum Gasteiger partial charge on any atom is -0.494 e. The Morgan fingerprint density at radius 3 is 2.24 bits per heavy atom. The van der Waals surface area contributed by atoms with E-state index in [-0.39, 0.29) is 13.2 Å². The molecule has 0 saturated heterocycles. The van der Waals surface area contributed by atoms with Gasteiger partial charge in [0.05, 0.1) is 25.4 Å². The van der Waals surface area contributed by atoms with Gasteiger partial charge in [0.1, 0.15) is 5.75 Å². The molecule has 17 heavy (non-hydrogen) atoms. The zero-order valence-electron chi connectivity index (χ0n) is 10.4. The predicted octanol–water partition coefficient (Wildman–Crippen LogP) is 0.918. The smallest absolute Gasteiger partial charge is 0.119 e. The van der Waals surface area contributed by atoms with Crippen molar-refractivity contribution in [1.82, 2.24) is 5.32 Å². The molecule has 0 fully saturated rings. The second-order valence-corrected chi connectivity index (χ2v) is 4.31. The van der Waals surface area contributed by atoms with Crippen LogP contribution in [0.2, 0.25) is 0 Å². The van der Waals surface area contributed by atoms with E-state index in [0.717, 1.165) is 11.3 Å². The molecular formula is C13H21NO3. The second kappa shape index (κ2) is 6.59. The van der Waals surface area contributed by atoms with Gasteiger partial charge in [-0.15, -0.1) is 0 Å². The third-order valence-corrected chi connectivity index (χ3v) is 2.65. The summed E-state index contributed by atoms with van der Waals surface area (Å²) in [6, 6.07) is 7.76. The lowest BCUT2D eigenvalue weighted by atomic mass is 10.0. The van der Waals surface area contributed by atoms with Crippen molar-refractivity contribution in [2.45, 2.75) is 25.9 Å². The van der Waals surface area contributed by atoms with Crippen LogP contribution in [0.25, 0.3) is 0 Å². The topological polar surface area (TPSA) is 61.7 Å². The van der Waals surface area contributed by atoms with Crippen molar-refractivity contribution in [2.24, 2.45) is 0 Å². The highest BCUT2D eigenvalue weighted by Crippen LogP contribution is 2.12. The van der Waals surface area contributed by atoms with Gasteiger partial charge in [0, 0.05) is 6.54 Å². The summed E-state index contributed by atoms with van der Waals surface area (Å²) in [7, 11) is 0. The predicted molar refractivity (Wildman–Crippen MR) is 67.0 cm³/mol. The van der Waals surface area contributed by atoms with Crippen molar-refractivity contribution < 1.29 is 14.9 Å². The molecule has 96 valence electrons. The van der Waals surface area contributed by atoms with Crippen LogP contribution in [0.15, 0.2) is 24.3 Å². The van der Waals surface area contributed by atoms with Gasteiger partial charge in [0.2, 0.25) is 0 Å². The summed E-state index contributed by atoms with van der Waals surface area (Å²) in [5.74, 6) is 0.850. The molecular weight excluding hydrogens is 218 g/mol. The standard InChI is InChI=1S/C13H21NO3/c1-3-17-12-6-4-11(5-7-12)8-14-13(2,9-15)10-16/h4-7,14-16H,3,8-10H2,1-2H3. The molecule has 0 aliphatic carbocycles. The number of nitrogens with one attached hydrogen (secondary N) is 1. The number of hydrogen-bond acceptors (Lipinski definition) is 4. The van der Waals surface area contributed by atoms with Crippen LogP contribution >= 0.6 is 0 Å². The minimum absolute atomic E-state index is 0.0967. The van der Waals surface area contributed by atoms with Crippen LogP contribution in [0.4, 0.5) is 0 Å². The molecule has 4 nitrogen and oxygen atoms in total. The molecule has 0 aromatic heterocycles. The quantitative estimate of drug-likeness (QED) is 0.662. The number of rotatable bonds is 7. The molecule has 0 aliphatic heterocycles. The van der Waals surface area contributed by atoms with E-state index < -0.39 is 5.54 Å². The fourth-order valence-corrected chi connectivity index (χ4v) is 1.35. The lowest BCUT2D eigenvalue weighted by Crippen LogP contribution is -2.48. The molecule has 0 heterocycles. The largest absolute Gasteiger partial charge is 0.494 e. The Morgan fingerprint density at radius 1 is 1.18 bits per heavy atom. The monoisotopic (exact) mass is 239 g/mol. The normalized spacial score (nSPS) is 11.5. The Morgan fingerprint density at radius 2 is 1.76 bits per heavy atom. The van der Waals surface area contributed by atoms with Crippen molar-refractivity contribution in [3.63, 3.8) is 0 Å². The molecule has 0 aliphatic rings. The van der Waals surface area contributed by atoms with Gasteiger partial charge in [-0.05, 0) is 31.5 Å². The minimum atomic E-state index is -0.640. The lowest BCUT2D eigenvalue weighted by molar-refractivity contribution is 0.103. The van der Waals surface area contributed by atoms with Crippen molar-refractivity contribution >= 4 is 0 Å². The third-order valence-electron chi connectivity index (χ3n) is 2.65. The van der Waals surface area contributed by atoms with Crippen molar-refractivity contribution in [2.75, 3.05) is 19.8 Å². The van der Waals surface area contributed by atoms with Crippen LogP contribution in [-0.4, -0.2) is 35.6 Å². The van der Waals surface area contributed by atoms with Crippen LogP contribution in [0, 0.1) is 0 Å². The van der Waals surface area contributed by atoms with E-state index in [1.807, 2.05) is 31.2 Å². The molecule has 4 heteroatoms. The van der Waals surface area contributed by atoms with Gasteiger partial charge >= 0.3 is 0 Å². The number of ether oxygens (including phenoxy) is 1. The maximum absolute atomic E-state index is 9.13. The molecule has 0 saturated carbocycles. The summed E-state index contributed by atoms with van der Waals surface area (Å²) in [5.41, 5.74) is 0.445. The summed E-state index contributed by atoms with van der Waals surface area (Å²) < 4.78 is 5.35. The fourth-order valence-electron chi connectivity index (χ4n) is 1.35. The molecule has 0 spiro atoms. The van der Waals surface area contributed by atoms with E-state index in [9.17, 15) is 0 Å². The Labute approximate surface area is 102 Å². The first-order valence-electron chi connectivity index (χ1n) is 5.82. The fraction of sp³-hybridized carbons (Fsp3) is 0.538. The second-order valence-electron chi connectivity index (χ2n) is 4.31. The maximum atomic E-state index is 9.13. The van der Waals surface area contributed by atoms with Crippen LogP contribution in [-0.2, 0) is 6.54 Å². The molecule has 1 aromatic rings. The maximum Gasteiger partial charge on any atom is 0.119 e. The summed E-state index contributed by atoms with van der Waals surface area (Å²) in [6.45, 7) is 4.79. The molecule has 3 N–H and O–H groups in total. The van der Waals surface area contributed by atoms with Crippen LogP contribution in [0.3, 0.4) is 0 Å². The Kier molecular flexibility index (Phi) is 5.41. The van der Waals surface area contributed by atoms with Crippen LogP contribution < -0.4 is 10.1 Å². The first-order chi connectivity index (χ1) is 8.13. The summed E-state index contributed by atoms with van der Waals surface area (Å²) in [6.07, 6.45) is 0. The lowest BCUT2D eigenvalue weighted by Gasteiger charge is -2.26. The summed E-state index contributed by atoms with van der Waals surface area (Å²) in [4.78, 5) is 0. The Bertz CT molecular complexity index is 320. The first kappa shape index (κ1) is 14.0. The zero-order valence-corrected chi connectivity index (χ0v) is 10.4. The SMILES string of the molecule is CCOc1ccc(CNC(C)(CO)CO)cc1. The summed E-state index contributed by atoms with van der Waals surface area (Å²) in [5, 5.41) is 21.4. The van der Waals surface area contributed by atoms with E-state index in [1.54, 1.807) is 6.92 Å². The molecule has 1 rings (SSSR count). The molecule has 0 amide bonds. The van der Waals surface area contributed by atoms with E-state index >= 15 is 0 Å². The number of aliphatic hydroxyl groups excluding tert-OH is 2. The van der Waals surface area contributed by atoms with Gasteiger partial charge in [0.25, 0.3) is 0 Å². The van der Waals surface area contributed by atoms with Gasteiger partial charge in [-0.1, -0.05) is 12.1 Å². The highest BCUT2D eigenvalue weighted by molar-refractivity contribution is 5.27. The van der Waals surface area contributed by atoms with Gasteiger partial charge in [-0.3, -0.25) is 0 Å². The molecule has 0 unspecified atom stereocenters. The highest BCUT2D eigenvalue weighted by Gasteiger charge is 2.20. The summed E-state index contributed by atoms with van der Waals surface area (Å²) >= 11 is 0. The average molecular weight is 239 g/mol. The van der Waals surface area contributed by atoms with Gasteiger partial charge in [0.15, 0.2) is 0 Å². The van der Waals surface area contributed by atoms with Crippen LogP contribution in [0.1, 0.15) is 19.4 Å². The molecule has 1 aromatic carbocycles. The van der Waals surface area contributed by atoms with Gasteiger partial charge in [-0.2, -0.15) is 0 Å². The zero-order chi connectivity index (χ0) is 12.7. The van der Waals surface area contributed by atoms with E-state index in [4.69, 9.17) is 14.9 Å². The van der Waals surface area contributed by atoms with Crippen LogP contribution in [0.5, 0.6) is 5.75 Å². The Balaban J connectivity index is 2.52.